The average molecular weight is 1030 g/mol. The summed E-state index contributed by atoms with van der Waals surface area (Å²) in [7, 11) is 0. The summed E-state index contributed by atoms with van der Waals surface area (Å²) in [6.45, 7) is 50.3. The first kappa shape index (κ1) is 55.6. The maximum atomic E-state index is 2.76. The zero-order chi connectivity index (χ0) is 56.6. The number of allylic oxidation sites excluding steroid dienone is 12. The third-order valence-corrected chi connectivity index (χ3v) is 18.6. The van der Waals surface area contributed by atoms with Gasteiger partial charge in [-0.3, -0.25) is 0 Å². The summed E-state index contributed by atoms with van der Waals surface area (Å²) in [6.07, 6.45) is 17.4. The number of hydrogen-bond donors (Lipinski definition) is 0. The summed E-state index contributed by atoms with van der Waals surface area (Å²) in [6, 6.07) is 40.2. The van der Waals surface area contributed by atoms with E-state index in [4.69, 9.17) is 0 Å². The molecule has 406 valence electrons. The second kappa shape index (κ2) is 19.2. The molecular weight excluding hydrogens is 937 g/mol. The summed E-state index contributed by atoms with van der Waals surface area (Å²) in [5, 5.41) is 5.36. The maximum Gasteiger partial charge on any atom is 0.0104 e. The van der Waals surface area contributed by atoms with Crippen molar-refractivity contribution in [3.8, 4) is 11.1 Å². The molecule has 4 aliphatic carbocycles. The molecule has 0 bridgehead atoms. The van der Waals surface area contributed by atoms with Gasteiger partial charge in [0.25, 0.3) is 0 Å². The van der Waals surface area contributed by atoms with E-state index in [9.17, 15) is 0 Å². The summed E-state index contributed by atoms with van der Waals surface area (Å²) in [5.41, 5.74) is 24.8. The molecule has 0 heterocycles. The van der Waals surface area contributed by atoms with E-state index >= 15 is 0 Å². The Morgan fingerprint density at radius 1 is 0.462 bits per heavy atom. The van der Waals surface area contributed by atoms with Gasteiger partial charge in [-0.05, 0) is 172 Å². The largest absolute Gasteiger partial charge is 0.0802 e. The van der Waals surface area contributed by atoms with Crippen LogP contribution in [0, 0.1) is 29.6 Å². The summed E-state index contributed by atoms with van der Waals surface area (Å²) in [5.74, 6) is 1.67. The van der Waals surface area contributed by atoms with Gasteiger partial charge in [0.15, 0.2) is 0 Å². The van der Waals surface area contributed by atoms with E-state index in [0.29, 0.717) is 23.7 Å². The van der Waals surface area contributed by atoms with Gasteiger partial charge in [-0.2, -0.15) is 0 Å². The van der Waals surface area contributed by atoms with E-state index in [1.165, 1.54) is 116 Å². The second-order valence-electron chi connectivity index (χ2n) is 30.6. The minimum Gasteiger partial charge on any atom is -0.0802 e. The topological polar surface area (TPSA) is 0 Å². The number of hydrogen-bond acceptors (Lipinski definition) is 0. The molecule has 0 aliphatic heterocycles. The van der Waals surface area contributed by atoms with Crippen molar-refractivity contribution in [2.24, 2.45) is 29.6 Å². The van der Waals surface area contributed by atoms with E-state index in [1.807, 2.05) is 0 Å². The lowest BCUT2D eigenvalue weighted by molar-refractivity contribution is 0.377. The van der Waals surface area contributed by atoms with Crippen LogP contribution < -0.4 is 0 Å². The first-order valence-corrected chi connectivity index (χ1v) is 30.1. The van der Waals surface area contributed by atoms with E-state index in [0.717, 1.165) is 12.8 Å². The Morgan fingerprint density at radius 3 is 1.54 bits per heavy atom. The lowest BCUT2D eigenvalue weighted by atomic mass is 9.70. The van der Waals surface area contributed by atoms with Crippen LogP contribution in [0.2, 0.25) is 0 Å². The quantitative estimate of drug-likeness (QED) is 0.156. The van der Waals surface area contributed by atoms with Crippen LogP contribution in [0.25, 0.3) is 55.0 Å². The fraction of sp³-hybridized carbons (Fsp3) is 0.436. The molecule has 4 aliphatic rings. The molecule has 6 aromatic carbocycles. The van der Waals surface area contributed by atoms with Gasteiger partial charge < -0.3 is 0 Å². The molecule has 78 heavy (non-hydrogen) atoms. The summed E-state index contributed by atoms with van der Waals surface area (Å²) in [4.78, 5) is 0. The Balaban J connectivity index is 1.48. The van der Waals surface area contributed by atoms with Gasteiger partial charge in [-0.25, -0.2) is 0 Å². The van der Waals surface area contributed by atoms with Gasteiger partial charge in [0.2, 0.25) is 0 Å². The van der Waals surface area contributed by atoms with Gasteiger partial charge in [0, 0.05) is 11.8 Å². The van der Waals surface area contributed by atoms with Crippen LogP contribution in [0.3, 0.4) is 0 Å². The van der Waals surface area contributed by atoms with Crippen molar-refractivity contribution in [3.05, 3.63) is 200 Å². The smallest absolute Gasteiger partial charge is 0.0104 e. The lowest BCUT2D eigenvalue weighted by Gasteiger charge is -2.34. The minimum atomic E-state index is -0.0649. The Kier molecular flexibility index (Phi) is 13.7. The normalized spacial score (nSPS) is 23.3. The average Bonchev–Trinajstić information content (AvgIpc) is 3.53. The molecule has 0 radical (unpaired) electrons. The van der Waals surface area contributed by atoms with Crippen LogP contribution >= 0.6 is 0 Å². The van der Waals surface area contributed by atoms with Crippen molar-refractivity contribution in [3.63, 3.8) is 0 Å². The molecule has 0 saturated heterocycles. The monoisotopic (exact) mass is 1030 g/mol. The van der Waals surface area contributed by atoms with Crippen molar-refractivity contribution >= 4 is 43.8 Å². The highest BCUT2D eigenvalue weighted by Gasteiger charge is 2.49. The third kappa shape index (κ3) is 9.83. The van der Waals surface area contributed by atoms with Crippen molar-refractivity contribution in [2.75, 3.05) is 0 Å². The van der Waals surface area contributed by atoms with E-state index < -0.39 is 0 Å². The maximum absolute atomic E-state index is 2.76. The number of fused-ring (bicyclic) bond motifs is 7. The molecule has 0 N–H and O–H groups in total. The molecule has 0 amide bonds. The molecular formula is C78H94. The zero-order valence-corrected chi connectivity index (χ0v) is 52.0. The second-order valence-corrected chi connectivity index (χ2v) is 30.6. The Bertz CT molecular complexity index is 3520. The Labute approximate surface area is 473 Å². The highest BCUT2D eigenvalue weighted by Crippen LogP contribution is 2.63. The Hall–Kier alpha value is -5.72. The first-order chi connectivity index (χ1) is 36.3. The van der Waals surface area contributed by atoms with Gasteiger partial charge in [-0.15, -0.1) is 0 Å². The third-order valence-electron chi connectivity index (χ3n) is 18.6. The van der Waals surface area contributed by atoms with Crippen LogP contribution in [-0.4, -0.2) is 0 Å². The van der Waals surface area contributed by atoms with Gasteiger partial charge in [0.05, 0.1) is 0 Å². The van der Waals surface area contributed by atoms with Crippen LogP contribution in [0.1, 0.15) is 214 Å². The predicted octanol–water partition coefficient (Wildman–Crippen LogP) is 22.2. The molecule has 6 aromatic rings. The summed E-state index contributed by atoms with van der Waals surface area (Å²) >= 11 is 0. The molecule has 1 saturated carbocycles. The fourth-order valence-corrected chi connectivity index (χ4v) is 13.5. The van der Waals surface area contributed by atoms with E-state index in [1.54, 1.807) is 5.57 Å². The van der Waals surface area contributed by atoms with Crippen LogP contribution in [0.5, 0.6) is 0 Å². The first-order valence-electron chi connectivity index (χ1n) is 30.1. The predicted molar refractivity (Wildman–Crippen MR) is 344 cm³/mol. The fourth-order valence-electron chi connectivity index (χ4n) is 13.5. The molecule has 0 heteroatoms. The van der Waals surface area contributed by atoms with Gasteiger partial charge in [-0.1, -0.05) is 291 Å². The molecule has 10 rings (SSSR count). The SMILES string of the molecule is CCC(C)/C=C1\C=C2\C3C=CC=CC3C(CC)C2\C(c2cc(C(C)(C)C)cc(C(C)(C)C)c2)=C2/C(=C\1c1cc(C(C)(C)C)cc(C(C)(C)C)c1)c1ccc(-c3cc(C(C)(C)C)cc4ccc(C(C)(C)C)cc34)c3cccc2c13. The molecule has 5 atom stereocenters. The van der Waals surface area contributed by atoms with E-state index in [-0.39, 0.29) is 38.4 Å². The number of rotatable bonds is 6. The number of benzene rings is 6. The van der Waals surface area contributed by atoms with Crippen molar-refractivity contribution in [2.45, 2.75) is 191 Å². The minimum absolute atomic E-state index is 0.00991. The highest BCUT2D eigenvalue weighted by molar-refractivity contribution is 6.35. The Morgan fingerprint density at radius 2 is 0.987 bits per heavy atom. The molecule has 1 fully saturated rings. The molecule has 0 aromatic heterocycles. The van der Waals surface area contributed by atoms with Gasteiger partial charge >= 0.3 is 0 Å². The highest BCUT2D eigenvalue weighted by atomic mass is 14.5. The molecule has 0 spiro atoms. The lowest BCUT2D eigenvalue weighted by Crippen LogP contribution is -2.21. The van der Waals surface area contributed by atoms with Crippen LogP contribution in [0.15, 0.2) is 145 Å². The van der Waals surface area contributed by atoms with Crippen LogP contribution in [-0.2, 0) is 32.5 Å². The van der Waals surface area contributed by atoms with Crippen LogP contribution in [0.4, 0.5) is 0 Å². The molecule has 5 unspecified atom stereocenters. The standard InChI is InChI=1S/C78H94/c1-22-46(3)35-48-41-66-59-28-25-24-27-58(59)57(23-2)70(66)68(50-39-54(76(13,14)15)43-55(40-50)77(16,17)18)72-62-30-26-29-61-60(65-45-56(78(19,20)21)36-47-31-32-51(44-64(47)65)73(4,5)6)33-34-63(69(61)62)71(72)67(48)49-37-52(74(7,8)9)42-53(38-49)75(10,11)12/h24-46,57-59,70H,22-23H2,1-21H3/b48-35+,66-41-,71-67+,72-68-. The zero-order valence-electron chi connectivity index (χ0n) is 52.0. The summed E-state index contributed by atoms with van der Waals surface area (Å²) < 4.78 is 0. The van der Waals surface area contributed by atoms with E-state index in [2.05, 4.69) is 279 Å². The van der Waals surface area contributed by atoms with Crippen molar-refractivity contribution in [1.29, 1.82) is 0 Å². The van der Waals surface area contributed by atoms with Crippen molar-refractivity contribution in [1.82, 2.24) is 0 Å². The van der Waals surface area contributed by atoms with Gasteiger partial charge in [0.1, 0.15) is 0 Å². The molecule has 0 nitrogen and oxygen atoms in total. The van der Waals surface area contributed by atoms with Crippen molar-refractivity contribution < 1.29 is 0 Å².